The van der Waals surface area contributed by atoms with Crippen LogP contribution in [0.3, 0.4) is 0 Å². The Bertz CT molecular complexity index is 1150. The molecule has 0 radical (unpaired) electrons. The molecule has 3 fully saturated rings. The van der Waals surface area contributed by atoms with Crippen LogP contribution >= 0.6 is 0 Å². The van der Waals surface area contributed by atoms with Crippen LogP contribution < -0.4 is 15.1 Å². The molecule has 1 amide bonds. The first-order valence-corrected chi connectivity index (χ1v) is 12.3. The van der Waals surface area contributed by atoms with Gasteiger partial charge in [0.25, 0.3) is 0 Å². The fraction of sp³-hybridized carbons (Fsp3) is 0.462. The number of hydrogen-bond acceptors (Lipinski definition) is 5. The van der Waals surface area contributed by atoms with E-state index in [1.165, 1.54) is 22.5 Å². The van der Waals surface area contributed by atoms with E-state index in [-0.39, 0.29) is 12.0 Å². The van der Waals surface area contributed by atoms with E-state index in [1.54, 1.807) is 0 Å². The normalized spacial score (nSPS) is 21.6. The van der Waals surface area contributed by atoms with Gasteiger partial charge in [0.05, 0.1) is 11.2 Å². The van der Waals surface area contributed by atoms with Gasteiger partial charge in [-0.15, -0.1) is 0 Å². The fourth-order valence-electron chi connectivity index (χ4n) is 5.28. The van der Waals surface area contributed by atoms with Crippen molar-refractivity contribution in [2.24, 2.45) is 5.92 Å². The zero-order valence-corrected chi connectivity index (χ0v) is 19.3. The average molecular weight is 445 g/mol. The molecular weight excluding hydrogens is 412 g/mol. The highest BCUT2D eigenvalue weighted by Gasteiger charge is 2.37. The summed E-state index contributed by atoms with van der Waals surface area (Å²) in [6.07, 6.45) is 6.14. The van der Waals surface area contributed by atoms with Crippen LogP contribution in [0.2, 0.25) is 0 Å². The minimum atomic E-state index is 0.229. The highest BCUT2D eigenvalue weighted by Crippen LogP contribution is 2.34. The van der Waals surface area contributed by atoms with Crippen LogP contribution in [-0.2, 0) is 4.79 Å². The summed E-state index contributed by atoms with van der Waals surface area (Å²) in [5.41, 5.74) is 5.98. The van der Waals surface area contributed by atoms with Crippen LogP contribution in [-0.4, -0.2) is 72.3 Å². The SMILES string of the molecule is C[C@@H]1CN(c2ccnn3cc(-c4ccc(N5CCNCC5)cc4)cc23)CCN1C(=O)C1CC1. The Morgan fingerprint density at radius 3 is 2.48 bits per heavy atom. The number of carbonyl (C=O) groups excluding carboxylic acids is 1. The summed E-state index contributed by atoms with van der Waals surface area (Å²) >= 11 is 0. The van der Waals surface area contributed by atoms with Crippen molar-refractivity contribution in [3.05, 3.63) is 48.8 Å². The highest BCUT2D eigenvalue weighted by atomic mass is 16.2. The lowest BCUT2D eigenvalue weighted by Gasteiger charge is -2.41. The second kappa shape index (κ2) is 8.37. The largest absolute Gasteiger partial charge is 0.369 e. The third-order valence-corrected chi connectivity index (χ3v) is 7.35. The van der Waals surface area contributed by atoms with Gasteiger partial charge in [-0.05, 0) is 49.6 Å². The Morgan fingerprint density at radius 2 is 1.76 bits per heavy atom. The van der Waals surface area contributed by atoms with Crippen molar-refractivity contribution >= 4 is 22.8 Å². The molecule has 0 unspecified atom stereocenters. The number of hydrogen-bond donors (Lipinski definition) is 1. The molecule has 0 spiro atoms. The predicted molar refractivity (Wildman–Crippen MR) is 132 cm³/mol. The number of benzene rings is 1. The summed E-state index contributed by atoms with van der Waals surface area (Å²) in [5.74, 6) is 0.647. The van der Waals surface area contributed by atoms with Crippen LogP contribution in [0.5, 0.6) is 0 Å². The van der Waals surface area contributed by atoms with E-state index in [4.69, 9.17) is 0 Å². The molecule has 7 nitrogen and oxygen atoms in total. The third kappa shape index (κ3) is 3.95. The maximum absolute atomic E-state index is 12.6. The van der Waals surface area contributed by atoms with E-state index in [9.17, 15) is 4.79 Å². The van der Waals surface area contributed by atoms with E-state index in [2.05, 4.69) is 74.6 Å². The first-order valence-electron chi connectivity index (χ1n) is 12.3. The van der Waals surface area contributed by atoms with Gasteiger partial charge in [-0.3, -0.25) is 4.79 Å². The number of aromatic nitrogens is 2. The Morgan fingerprint density at radius 1 is 0.970 bits per heavy atom. The number of rotatable bonds is 4. The first kappa shape index (κ1) is 20.5. The third-order valence-electron chi connectivity index (χ3n) is 7.35. The molecular formula is C26H32N6O. The van der Waals surface area contributed by atoms with Crippen LogP contribution in [0.25, 0.3) is 16.6 Å². The van der Waals surface area contributed by atoms with Gasteiger partial charge in [0.1, 0.15) is 0 Å². The molecule has 4 heterocycles. The quantitative estimate of drug-likeness (QED) is 0.671. The summed E-state index contributed by atoms with van der Waals surface area (Å²) in [4.78, 5) is 19.5. The van der Waals surface area contributed by atoms with E-state index in [0.29, 0.717) is 5.91 Å². The predicted octanol–water partition coefficient (Wildman–Crippen LogP) is 2.86. The molecule has 2 aromatic heterocycles. The van der Waals surface area contributed by atoms with Gasteiger partial charge in [-0.1, -0.05) is 12.1 Å². The van der Waals surface area contributed by atoms with Crippen molar-refractivity contribution in [2.45, 2.75) is 25.8 Å². The smallest absolute Gasteiger partial charge is 0.226 e. The Balaban J connectivity index is 1.23. The lowest BCUT2D eigenvalue weighted by atomic mass is 10.1. The molecule has 0 bridgehead atoms. The van der Waals surface area contributed by atoms with Gasteiger partial charge < -0.3 is 20.0 Å². The van der Waals surface area contributed by atoms with Gasteiger partial charge >= 0.3 is 0 Å². The topological polar surface area (TPSA) is 56.1 Å². The molecule has 3 aliphatic rings. The molecule has 33 heavy (non-hydrogen) atoms. The molecule has 6 rings (SSSR count). The molecule has 1 saturated carbocycles. The van der Waals surface area contributed by atoms with Crippen LogP contribution in [0, 0.1) is 5.92 Å². The Labute approximate surface area is 195 Å². The number of piperazine rings is 2. The van der Waals surface area contributed by atoms with Crippen molar-refractivity contribution in [2.75, 3.05) is 55.6 Å². The first-order chi connectivity index (χ1) is 16.2. The Kier molecular flexibility index (Phi) is 5.21. The molecule has 2 aliphatic heterocycles. The van der Waals surface area contributed by atoms with Crippen LogP contribution in [0.15, 0.2) is 48.8 Å². The van der Waals surface area contributed by atoms with Crippen LogP contribution in [0.4, 0.5) is 11.4 Å². The van der Waals surface area contributed by atoms with E-state index < -0.39 is 0 Å². The maximum atomic E-state index is 12.6. The minimum Gasteiger partial charge on any atom is -0.369 e. The number of nitrogens with one attached hydrogen (secondary N) is 1. The Hall–Kier alpha value is -3.06. The zero-order chi connectivity index (χ0) is 22.4. The zero-order valence-electron chi connectivity index (χ0n) is 19.3. The second-order valence-corrected chi connectivity index (χ2v) is 9.66. The molecule has 1 aliphatic carbocycles. The minimum absolute atomic E-state index is 0.229. The summed E-state index contributed by atoms with van der Waals surface area (Å²) in [7, 11) is 0. The number of nitrogens with zero attached hydrogens (tertiary/aromatic N) is 5. The highest BCUT2D eigenvalue weighted by molar-refractivity contribution is 5.83. The van der Waals surface area contributed by atoms with Crippen molar-refractivity contribution in [1.82, 2.24) is 19.8 Å². The van der Waals surface area contributed by atoms with Gasteiger partial charge in [-0.2, -0.15) is 5.10 Å². The lowest BCUT2D eigenvalue weighted by molar-refractivity contribution is -0.134. The number of amides is 1. The summed E-state index contributed by atoms with van der Waals surface area (Å²) in [6.45, 7) is 8.90. The second-order valence-electron chi connectivity index (χ2n) is 9.66. The number of carbonyl (C=O) groups is 1. The average Bonchev–Trinajstić information content (AvgIpc) is 3.62. The molecule has 1 N–H and O–H groups in total. The summed E-state index contributed by atoms with van der Waals surface area (Å²) in [5, 5.41) is 7.99. The van der Waals surface area contributed by atoms with E-state index >= 15 is 0 Å². The maximum Gasteiger partial charge on any atom is 0.226 e. The standard InChI is InChI=1S/C26H32N6O/c1-19-17-30(14-15-31(19)26(33)21-2-3-21)24-8-9-28-32-18-22(16-25(24)32)20-4-6-23(7-5-20)29-12-10-27-11-13-29/h4-9,16,18-19,21,27H,2-3,10-15,17H2,1H3/t19-/m1/s1. The number of fused-ring (bicyclic) bond motifs is 1. The molecule has 1 atom stereocenters. The lowest BCUT2D eigenvalue weighted by Crippen LogP contribution is -2.54. The van der Waals surface area contributed by atoms with E-state index in [1.807, 2.05) is 10.7 Å². The van der Waals surface area contributed by atoms with Crippen molar-refractivity contribution in [3.63, 3.8) is 0 Å². The molecule has 3 aromatic rings. The van der Waals surface area contributed by atoms with E-state index in [0.717, 1.165) is 64.2 Å². The molecule has 1 aromatic carbocycles. The molecule has 7 heteroatoms. The number of anilines is 2. The van der Waals surface area contributed by atoms with Gasteiger partial charge in [0.2, 0.25) is 5.91 Å². The van der Waals surface area contributed by atoms with Crippen molar-refractivity contribution in [1.29, 1.82) is 0 Å². The van der Waals surface area contributed by atoms with Gasteiger partial charge in [0.15, 0.2) is 0 Å². The van der Waals surface area contributed by atoms with Crippen molar-refractivity contribution in [3.8, 4) is 11.1 Å². The van der Waals surface area contributed by atoms with Crippen LogP contribution in [0.1, 0.15) is 19.8 Å². The molecule has 2 saturated heterocycles. The summed E-state index contributed by atoms with van der Waals surface area (Å²) < 4.78 is 1.99. The van der Waals surface area contributed by atoms with Gasteiger partial charge in [0, 0.05) is 81.4 Å². The summed E-state index contributed by atoms with van der Waals surface area (Å²) in [6, 6.07) is 13.5. The van der Waals surface area contributed by atoms with Crippen molar-refractivity contribution < 1.29 is 4.79 Å². The molecule has 172 valence electrons. The fourth-order valence-corrected chi connectivity index (χ4v) is 5.28. The monoisotopic (exact) mass is 444 g/mol. The van der Waals surface area contributed by atoms with Gasteiger partial charge in [-0.25, -0.2) is 4.52 Å².